The zero-order valence-corrected chi connectivity index (χ0v) is 13.7. The highest BCUT2D eigenvalue weighted by molar-refractivity contribution is 6.01. The molecular formula is C17H22N2O4. The molecule has 1 unspecified atom stereocenters. The number of hydrogen-bond acceptors (Lipinski definition) is 4. The summed E-state index contributed by atoms with van der Waals surface area (Å²) in [4.78, 5) is 26.9. The number of amides is 2. The minimum Gasteiger partial charge on any atom is -0.454 e. The maximum absolute atomic E-state index is 12.8. The van der Waals surface area contributed by atoms with Crippen molar-refractivity contribution in [1.29, 1.82) is 0 Å². The van der Waals surface area contributed by atoms with Crippen LogP contribution in [0.3, 0.4) is 0 Å². The van der Waals surface area contributed by atoms with Gasteiger partial charge in [-0.05, 0) is 31.9 Å². The first kappa shape index (κ1) is 15.6. The Labute approximate surface area is 135 Å². The number of fused-ring (bicyclic) bond motifs is 1. The summed E-state index contributed by atoms with van der Waals surface area (Å²) >= 11 is 0. The number of carbonyl (C=O) groups is 2. The highest BCUT2D eigenvalue weighted by Crippen LogP contribution is 2.36. The Morgan fingerprint density at radius 3 is 2.74 bits per heavy atom. The third kappa shape index (κ3) is 2.73. The molecule has 2 aliphatic rings. The van der Waals surface area contributed by atoms with E-state index in [1.807, 2.05) is 20.8 Å². The molecule has 0 radical (unpaired) electrons. The molecule has 0 spiro atoms. The van der Waals surface area contributed by atoms with Gasteiger partial charge in [-0.2, -0.15) is 0 Å². The Bertz CT molecular complexity index is 643. The van der Waals surface area contributed by atoms with Crippen LogP contribution >= 0.6 is 0 Å². The molecule has 1 fully saturated rings. The Morgan fingerprint density at radius 2 is 2.00 bits per heavy atom. The standard InChI is InChI=1S/C17H22N2O4/c1-11(2)15(20)19-8-4-7-17(19,3)16(21)18-12-5-6-13-14(9-12)23-10-22-13/h5-6,9,11H,4,7-8,10H2,1-3H3,(H,18,21). The van der Waals surface area contributed by atoms with Gasteiger partial charge in [0.1, 0.15) is 5.54 Å². The maximum Gasteiger partial charge on any atom is 0.250 e. The molecule has 2 aliphatic heterocycles. The highest BCUT2D eigenvalue weighted by atomic mass is 16.7. The predicted molar refractivity (Wildman–Crippen MR) is 85.4 cm³/mol. The van der Waals surface area contributed by atoms with E-state index in [4.69, 9.17) is 9.47 Å². The number of benzene rings is 1. The fourth-order valence-corrected chi connectivity index (χ4v) is 3.10. The number of carbonyl (C=O) groups excluding carboxylic acids is 2. The van der Waals surface area contributed by atoms with Crippen LogP contribution in [0.4, 0.5) is 5.69 Å². The third-order valence-corrected chi connectivity index (χ3v) is 4.52. The lowest BCUT2D eigenvalue weighted by atomic mass is 9.96. The average Bonchev–Trinajstić information content (AvgIpc) is 3.13. The third-order valence-electron chi connectivity index (χ3n) is 4.52. The molecule has 6 heteroatoms. The second-order valence-corrected chi connectivity index (χ2v) is 6.54. The van der Waals surface area contributed by atoms with E-state index in [1.165, 1.54) is 0 Å². The molecule has 1 saturated heterocycles. The Balaban J connectivity index is 1.77. The lowest BCUT2D eigenvalue weighted by Crippen LogP contribution is -2.54. The van der Waals surface area contributed by atoms with Crippen molar-refractivity contribution in [3.05, 3.63) is 18.2 Å². The zero-order valence-electron chi connectivity index (χ0n) is 13.7. The zero-order chi connectivity index (χ0) is 16.6. The number of rotatable bonds is 3. The van der Waals surface area contributed by atoms with Gasteiger partial charge in [0.25, 0.3) is 0 Å². The van der Waals surface area contributed by atoms with Gasteiger partial charge in [-0.15, -0.1) is 0 Å². The SMILES string of the molecule is CC(C)C(=O)N1CCCC1(C)C(=O)Nc1ccc2c(c1)OCO2. The van der Waals surface area contributed by atoms with Crippen LogP contribution in [-0.2, 0) is 9.59 Å². The van der Waals surface area contributed by atoms with Crippen molar-refractivity contribution in [3.63, 3.8) is 0 Å². The minimum atomic E-state index is -0.808. The Morgan fingerprint density at radius 1 is 1.26 bits per heavy atom. The Hall–Kier alpha value is -2.24. The van der Waals surface area contributed by atoms with E-state index in [0.29, 0.717) is 30.2 Å². The van der Waals surface area contributed by atoms with Crippen LogP contribution in [0.1, 0.15) is 33.6 Å². The number of hydrogen-bond donors (Lipinski definition) is 1. The summed E-state index contributed by atoms with van der Waals surface area (Å²) in [7, 11) is 0. The van der Waals surface area contributed by atoms with Gasteiger partial charge in [0.15, 0.2) is 11.5 Å². The van der Waals surface area contributed by atoms with Crippen LogP contribution in [0.5, 0.6) is 11.5 Å². The van der Waals surface area contributed by atoms with E-state index in [2.05, 4.69) is 5.32 Å². The lowest BCUT2D eigenvalue weighted by molar-refractivity contribution is -0.144. The topological polar surface area (TPSA) is 67.9 Å². The number of ether oxygens (including phenoxy) is 2. The van der Waals surface area contributed by atoms with Gasteiger partial charge in [0.2, 0.25) is 18.6 Å². The number of anilines is 1. The lowest BCUT2D eigenvalue weighted by Gasteiger charge is -2.35. The van der Waals surface area contributed by atoms with Gasteiger partial charge < -0.3 is 19.7 Å². The predicted octanol–water partition coefficient (Wildman–Crippen LogP) is 2.39. The van der Waals surface area contributed by atoms with E-state index in [0.717, 1.165) is 6.42 Å². The van der Waals surface area contributed by atoms with Gasteiger partial charge in [-0.1, -0.05) is 13.8 Å². The second-order valence-electron chi connectivity index (χ2n) is 6.54. The van der Waals surface area contributed by atoms with Crippen molar-refractivity contribution in [2.45, 2.75) is 39.2 Å². The first-order valence-corrected chi connectivity index (χ1v) is 7.94. The van der Waals surface area contributed by atoms with E-state index in [-0.39, 0.29) is 24.5 Å². The highest BCUT2D eigenvalue weighted by Gasteiger charge is 2.46. The van der Waals surface area contributed by atoms with E-state index < -0.39 is 5.54 Å². The van der Waals surface area contributed by atoms with Crippen LogP contribution in [0, 0.1) is 5.92 Å². The summed E-state index contributed by atoms with van der Waals surface area (Å²) in [5.74, 6) is 1.03. The molecule has 1 N–H and O–H groups in total. The van der Waals surface area contributed by atoms with Crippen molar-refractivity contribution in [1.82, 2.24) is 4.90 Å². The molecule has 1 aromatic rings. The molecule has 3 rings (SSSR count). The fraction of sp³-hybridized carbons (Fsp3) is 0.529. The number of nitrogens with one attached hydrogen (secondary N) is 1. The van der Waals surface area contributed by atoms with Gasteiger partial charge in [0, 0.05) is 24.2 Å². The van der Waals surface area contributed by atoms with E-state index in [1.54, 1.807) is 23.1 Å². The normalized spacial score (nSPS) is 22.5. The summed E-state index contributed by atoms with van der Waals surface area (Å²) in [6.45, 7) is 6.37. The Kier molecular flexibility index (Phi) is 3.92. The molecule has 0 aromatic heterocycles. The number of likely N-dealkylation sites (tertiary alicyclic amines) is 1. The molecular weight excluding hydrogens is 296 g/mol. The van der Waals surface area contributed by atoms with E-state index >= 15 is 0 Å². The quantitative estimate of drug-likeness (QED) is 0.929. The molecule has 0 aliphatic carbocycles. The van der Waals surface area contributed by atoms with Crippen LogP contribution in [0.25, 0.3) is 0 Å². The molecule has 2 heterocycles. The van der Waals surface area contributed by atoms with Crippen LogP contribution < -0.4 is 14.8 Å². The monoisotopic (exact) mass is 318 g/mol. The molecule has 6 nitrogen and oxygen atoms in total. The van der Waals surface area contributed by atoms with Crippen LogP contribution in [0.15, 0.2) is 18.2 Å². The van der Waals surface area contributed by atoms with Crippen LogP contribution in [0.2, 0.25) is 0 Å². The summed E-state index contributed by atoms with van der Waals surface area (Å²) in [5.41, 5.74) is -0.165. The molecule has 0 bridgehead atoms. The summed E-state index contributed by atoms with van der Waals surface area (Å²) in [6.07, 6.45) is 1.51. The summed E-state index contributed by atoms with van der Waals surface area (Å²) < 4.78 is 10.6. The molecule has 0 saturated carbocycles. The molecule has 1 aromatic carbocycles. The maximum atomic E-state index is 12.8. The van der Waals surface area contributed by atoms with Crippen molar-refractivity contribution in [2.24, 2.45) is 5.92 Å². The average molecular weight is 318 g/mol. The second kappa shape index (κ2) is 5.76. The van der Waals surface area contributed by atoms with Crippen molar-refractivity contribution in [2.75, 3.05) is 18.7 Å². The van der Waals surface area contributed by atoms with Crippen LogP contribution in [-0.4, -0.2) is 35.6 Å². The van der Waals surface area contributed by atoms with Gasteiger partial charge in [-0.25, -0.2) is 0 Å². The molecule has 2 amide bonds. The summed E-state index contributed by atoms with van der Waals surface area (Å²) in [6, 6.07) is 5.29. The van der Waals surface area contributed by atoms with Gasteiger partial charge in [0.05, 0.1) is 0 Å². The van der Waals surface area contributed by atoms with Crippen molar-refractivity contribution in [3.8, 4) is 11.5 Å². The minimum absolute atomic E-state index is 0.0193. The molecule has 124 valence electrons. The largest absolute Gasteiger partial charge is 0.454 e. The van der Waals surface area contributed by atoms with Gasteiger partial charge >= 0.3 is 0 Å². The number of nitrogens with zero attached hydrogens (tertiary/aromatic N) is 1. The smallest absolute Gasteiger partial charge is 0.250 e. The molecule has 23 heavy (non-hydrogen) atoms. The van der Waals surface area contributed by atoms with Crippen molar-refractivity contribution < 1.29 is 19.1 Å². The van der Waals surface area contributed by atoms with E-state index in [9.17, 15) is 9.59 Å². The fourth-order valence-electron chi connectivity index (χ4n) is 3.10. The first-order chi connectivity index (χ1) is 10.9. The van der Waals surface area contributed by atoms with Crippen molar-refractivity contribution >= 4 is 17.5 Å². The molecule has 1 atom stereocenters. The summed E-state index contributed by atoms with van der Waals surface area (Å²) in [5, 5.41) is 2.91. The van der Waals surface area contributed by atoms with Gasteiger partial charge in [-0.3, -0.25) is 9.59 Å². The first-order valence-electron chi connectivity index (χ1n) is 7.94.